The van der Waals surface area contributed by atoms with Crippen LogP contribution in [0.3, 0.4) is 0 Å². The minimum absolute atomic E-state index is 0.250. The number of aromatic nitrogens is 1. The van der Waals surface area contributed by atoms with Gasteiger partial charge in [0.05, 0.1) is 18.6 Å². The molecule has 0 bridgehead atoms. The minimum atomic E-state index is -0.382. The van der Waals surface area contributed by atoms with Gasteiger partial charge in [0.2, 0.25) is 0 Å². The predicted octanol–water partition coefficient (Wildman–Crippen LogP) is 1.15. The molecule has 0 spiro atoms. The standard InChI is InChI=1S/C10H11N3O3S/c1-15-5-6-8(9(14)13-11)17-10(12-6)7-3-2-4-16-7/h2-4H,5,11H2,1H3,(H,13,14). The molecule has 3 N–H and O–H groups in total. The monoisotopic (exact) mass is 253 g/mol. The molecule has 0 aromatic carbocycles. The summed E-state index contributed by atoms with van der Waals surface area (Å²) in [5.41, 5.74) is 2.63. The number of thiazole rings is 1. The number of nitrogens with zero attached hydrogens (tertiary/aromatic N) is 1. The Morgan fingerprint density at radius 1 is 1.71 bits per heavy atom. The fourth-order valence-corrected chi connectivity index (χ4v) is 2.27. The fraction of sp³-hybridized carbons (Fsp3) is 0.200. The van der Waals surface area contributed by atoms with Crippen LogP contribution in [0.5, 0.6) is 0 Å². The Hall–Kier alpha value is -1.70. The van der Waals surface area contributed by atoms with Gasteiger partial charge in [-0.15, -0.1) is 11.3 Å². The average molecular weight is 253 g/mol. The summed E-state index contributed by atoms with van der Waals surface area (Å²) < 4.78 is 10.2. The van der Waals surface area contributed by atoms with Crippen LogP contribution in [0.2, 0.25) is 0 Å². The third-order valence-electron chi connectivity index (χ3n) is 2.05. The van der Waals surface area contributed by atoms with Crippen molar-refractivity contribution in [3.63, 3.8) is 0 Å². The molecule has 0 radical (unpaired) electrons. The second kappa shape index (κ2) is 5.09. The maximum atomic E-state index is 11.5. The topological polar surface area (TPSA) is 90.4 Å². The summed E-state index contributed by atoms with van der Waals surface area (Å²) in [6.07, 6.45) is 1.55. The molecule has 7 heteroatoms. The smallest absolute Gasteiger partial charge is 0.277 e. The molecule has 1 amide bonds. The predicted molar refractivity (Wildman–Crippen MR) is 62.2 cm³/mol. The van der Waals surface area contributed by atoms with Gasteiger partial charge in [-0.1, -0.05) is 0 Å². The van der Waals surface area contributed by atoms with E-state index in [1.54, 1.807) is 18.4 Å². The number of methoxy groups -OCH3 is 1. The molecule has 0 fully saturated rings. The van der Waals surface area contributed by atoms with Crippen LogP contribution in [0.1, 0.15) is 15.4 Å². The summed E-state index contributed by atoms with van der Waals surface area (Å²) in [5, 5.41) is 0.626. The molecule has 0 aliphatic carbocycles. The van der Waals surface area contributed by atoms with Gasteiger partial charge < -0.3 is 9.15 Å². The van der Waals surface area contributed by atoms with E-state index in [0.717, 1.165) is 0 Å². The molecule has 0 saturated carbocycles. The molecular formula is C10H11N3O3S. The van der Waals surface area contributed by atoms with Crippen molar-refractivity contribution in [2.75, 3.05) is 7.11 Å². The summed E-state index contributed by atoms with van der Waals surface area (Å²) in [7, 11) is 1.54. The molecule has 0 unspecified atom stereocenters. The van der Waals surface area contributed by atoms with Crippen LogP contribution in [0.15, 0.2) is 22.8 Å². The number of hydrogen-bond donors (Lipinski definition) is 2. The van der Waals surface area contributed by atoms with Gasteiger partial charge in [-0.25, -0.2) is 10.8 Å². The zero-order valence-electron chi connectivity index (χ0n) is 9.10. The van der Waals surface area contributed by atoms with Gasteiger partial charge in [0, 0.05) is 7.11 Å². The molecule has 6 nitrogen and oxygen atoms in total. The average Bonchev–Trinajstić information content (AvgIpc) is 2.96. The molecule has 0 aliphatic rings. The van der Waals surface area contributed by atoms with Crippen molar-refractivity contribution in [2.45, 2.75) is 6.61 Å². The maximum Gasteiger partial charge on any atom is 0.277 e. The van der Waals surface area contributed by atoms with Gasteiger partial charge in [0.1, 0.15) is 4.88 Å². The number of carbonyl (C=O) groups excluding carboxylic acids is 1. The molecule has 2 aromatic rings. The van der Waals surface area contributed by atoms with Crippen molar-refractivity contribution < 1.29 is 13.9 Å². The first-order valence-electron chi connectivity index (χ1n) is 4.79. The van der Waals surface area contributed by atoms with Crippen molar-refractivity contribution in [1.29, 1.82) is 0 Å². The van der Waals surface area contributed by atoms with E-state index in [2.05, 4.69) is 10.4 Å². The number of rotatable bonds is 4. The molecule has 2 aromatic heterocycles. The summed E-state index contributed by atoms with van der Waals surface area (Å²) in [6.45, 7) is 0.250. The fourth-order valence-electron chi connectivity index (χ4n) is 1.33. The number of nitrogens with one attached hydrogen (secondary N) is 1. The van der Waals surface area contributed by atoms with Crippen LogP contribution < -0.4 is 11.3 Å². The van der Waals surface area contributed by atoms with E-state index in [4.69, 9.17) is 15.0 Å². The van der Waals surface area contributed by atoms with Gasteiger partial charge in [-0.2, -0.15) is 0 Å². The van der Waals surface area contributed by atoms with Crippen LogP contribution in [-0.2, 0) is 11.3 Å². The van der Waals surface area contributed by atoms with Crippen molar-refractivity contribution in [1.82, 2.24) is 10.4 Å². The van der Waals surface area contributed by atoms with Crippen molar-refractivity contribution >= 4 is 17.2 Å². The first kappa shape index (κ1) is 11.8. The van der Waals surface area contributed by atoms with Gasteiger partial charge in [-0.05, 0) is 12.1 Å². The summed E-state index contributed by atoms with van der Waals surface area (Å²) in [5.74, 6) is 5.34. The number of ether oxygens (including phenoxy) is 1. The van der Waals surface area contributed by atoms with E-state index in [1.807, 2.05) is 0 Å². The Morgan fingerprint density at radius 2 is 2.53 bits per heavy atom. The zero-order valence-corrected chi connectivity index (χ0v) is 9.91. The van der Waals surface area contributed by atoms with Gasteiger partial charge in [-0.3, -0.25) is 10.2 Å². The van der Waals surface area contributed by atoms with Crippen LogP contribution in [0, 0.1) is 0 Å². The van der Waals surface area contributed by atoms with E-state index < -0.39 is 0 Å². The highest BCUT2D eigenvalue weighted by molar-refractivity contribution is 7.17. The highest BCUT2D eigenvalue weighted by Crippen LogP contribution is 2.28. The van der Waals surface area contributed by atoms with Crippen molar-refractivity contribution in [3.8, 4) is 10.8 Å². The lowest BCUT2D eigenvalue weighted by atomic mass is 10.3. The highest BCUT2D eigenvalue weighted by atomic mass is 32.1. The van der Waals surface area contributed by atoms with Crippen LogP contribution in [-0.4, -0.2) is 18.0 Å². The largest absolute Gasteiger partial charge is 0.462 e. The number of amides is 1. The van der Waals surface area contributed by atoms with Crippen molar-refractivity contribution in [3.05, 3.63) is 29.0 Å². The normalized spacial score (nSPS) is 10.5. The molecule has 0 saturated heterocycles. The Labute approximate surface area is 101 Å². The van der Waals surface area contributed by atoms with Gasteiger partial charge in [0.15, 0.2) is 10.8 Å². The van der Waals surface area contributed by atoms with E-state index in [9.17, 15) is 4.79 Å². The molecule has 2 rings (SSSR count). The molecule has 0 atom stereocenters. The lowest BCUT2D eigenvalue weighted by molar-refractivity contribution is 0.0952. The molecule has 17 heavy (non-hydrogen) atoms. The SMILES string of the molecule is COCc1nc(-c2ccco2)sc1C(=O)NN. The Morgan fingerprint density at radius 3 is 3.12 bits per heavy atom. The van der Waals surface area contributed by atoms with Gasteiger partial charge in [0.25, 0.3) is 5.91 Å². The lowest BCUT2D eigenvalue weighted by Crippen LogP contribution is -2.30. The third-order valence-corrected chi connectivity index (χ3v) is 3.16. The Kier molecular flexibility index (Phi) is 3.52. The highest BCUT2D eigenvalue weighted by Gasteiger charge is 2.19. The maximum absolute atomic E-state index is 11.5. The second-order valence-corrected chi connectivity index (χ2v) is 4.18. The van der Waals surface area contributed by atoms with Crippen LogP contribution in [0.4, 0.5) is 0 Å². The zero-order chi connectivity index (χ0) is 12.3. The van der Waals surface area contributed by atoms with E-state index in [-0.39, 0.29) is 12.5 Å². The first-order valence-corrected chi connectivity index (χ1v) is 5.61. The number of carbonyl (C=O) groups is 1. The summed E-state index contributed by atoms with van der Waals surface area (Å²) in [4.78, 5) is 16.3. The minimum Gasteiger partial charge on any atom is -0.462 e. The molecule has 90 valence electrons. The number of hydrazine groups is 1. The molecular weight excluding hydrogens is 242 g/mol. The van der Waals surface area contributed by atoms with Gasteiger partial charge >= 0.3 is 0 Å². The van der Waals surface area contributed by atoms with E-state index in [0.29, 0.717) is 21.3 Å². The summed E-state index contributed by atoms with van der Waals surface area (Å²) in [6, 6.07) is 3.54. The van der Waals surface area contributed by atoms with E-state index in [1.165, 1.54) is 18.4 Å². The second-order valence-electron chi connectivity index (χ2n) is 3.18. The van der Waals surface area contributed by atoms with Crippen LogP contribution in [0.25, 0.3) is 10.8 Å². The lowest BCUT2D eigenvalue weighted by Gasteiger charge is -1.98. The van der Waals surface area contributed by atoms with Crippen LogP contribution >= 0.6 is 11.3 Å². The number of hydrogen-bond acceptors (Lipinski definition) is 6. The third kappa shape index (κ3) is 2.36. The Bertz CT molecular complexity index is 507. The number of nitrogen functional groups attached to an aromatic ring is 1. The quantitative estimate of drug-likeness (QED) is 0.484. The van der Waals surface area contributed by atoms with Crippen molar-refractivity contribution in [2.24, 2.45) is 5.84 Å². The number of nitrogens with two attached hydrogens (primary N) is 1. The molecule has 0 aliphatic heterocycles. The summed E-state index contributed by atoms with van der Waals surface area (Å²) >= 11 is 1.21. The van der Waals surface area contributed by atoms with E-state index >= 15 is 0 Å². The Balaban J connectivity index is 2.40. The molecule has 2 heterocycles. The first-order chi connectivity index (χ1) is 8.26. The number of furan rings is 1.